The summed E-state index contributed by atoms with van der Waals surface area (Å²) < 4.78 is 24.3. The largest absolute Gasteiger partial charge is 0.477 e. The Kier molecular flexibility index (Phi) is 3.00. The van der Waals surface area contributed by atoms with Crippen molar-refractivity contribution in [2.45, 2.75) is 6.43 Å². The van der Waals surface area contributed by atoms with Crippen LogP contribution in [0.2, 0.25) is 0 Å². The summed E-state index contributed by atoms with van der Waals surface area (Å²) in [5, 5.41) is 8.48. The molecular weight excluding hydrogens is 264 g/mol. The van der Waals surface area contributed by atoms with E-state index in [1.807, 2.05) is 4.98 Å². The van der Waals surface area contributed by atoms with Gasteiger partial charge in [0, 0.05) is 5.56 Å². The zero-order valence-electron chi connectivity index (χ0n) is 6.55. The standard InChI is InChI=1S/C7H4BrF2NO3/c8-4-2(5(9)10)1-3(7(13)14)6(12)11-4/h1,5H,(H,11,12)(H,13,14). The van der Waals surface area contributed by atoms with Crippen molar-refractivity contribution >= 4 is 21.9 Å². The molecule has 0 aliphatic heterocycles. The molecule has 0 radical (unpaired) electrons. The van der Waals surface area contributed by atoms with E-state index in [0.717, 1.165) is 0 Å². The topological polar surface area (TPSA) is 70.2 Å². The zero-order chi connectivity index (χ0) is 10.9. The number of hydrogen-bond acceptors (Lipinski definition) is 2. The van der Waals surface area contributed by atoms with Gasteiger partial charge in [-0.1, -0.05) is 0 Å². The van der Waals surface area contributed by atoms with E-state index < -0.39 is 29.1 Å². The zero-order valence-corrected chi connectivity index (χ0v) is 8.14. The molecule has 0 fully saturated rings. The van der Waals surface area contributed by atoms with E-state index >= 15 is 0 Å². The lowest BCUT2D eigenvalue weighted by Gasteiger charge is -2.03. The van der Waals surface area contributed by atoms with Gasteiger partial charge in [0.25, 0.3) is 12.0 Å². The number of carboxylic acid groups (broad SMARTS) is 1. The highest BCUT2D eigenvalue weighted by atomic mass is 79.9. The summed E-state index contributed by atoms with van der Waals surface area (Å²) >= 11 is 2.70. The Morgan fingerprint density at radius 3 is 2.57 bits per heavy atom. The van der Waals surface area contributed by atoms with Crippen LogP contribution >= 0.6 is 15.9 Å². The molecule has 0 bridgehead atoms. The molecule has 0 saturated heterocycles. The van der Waals surface area contributed by atoms with Gasteiger partial charge in [-0.2, -0.15) is 0 Å². The van der Waals surface area contributed by atoms with Crippen molar-refractivity contribution in [3.8, 4) is 0 Å². The molecule has 2 N–H and O–H groups in total. The molecule has 1 heterocycles. The molecule has 0 unspecified atom stereocenters. The monoisotopic (exact) mass is 267 g/mol. The minimum absolute atomic E-state index is 0.206. The lowest BCUT2D eigenvalue weighted by atomic mass is 10.2. The van der Waals surface area contributed by atoms with Crippen molar-refractivity contribution in [2.24, 2.45) is 0 Å². The molecule has 1 aromatic heterocycles. The van der Waals surface area contributed by atoms with Gasteiger partial charge < -0.3 is 10.1 Å². The summed E-state index contributed by atoms with van der Waals surface area (Å²) in [4.78, 5) is 23.3. The second-order valence-corrected chi connectivity index (χ2v) is 3.18. The average Bonchev–Trinajstić information content (AvgIpc) is 2.02. The molecule has 0 aromatic carbocycles. The molecule has 14 heavy (non-hydrogen) atoms. The van der Waals surface area contributed by atoms with Gasteiger partial charge in [0.15, 0.2) is 0 Å². The highest BCUT2D eigenvalue weighted by molar-refractivity contribution is 9.10. The molecule has 0 spiro atoms. The Morgan fingerprint density at radius 1 is 1.57 bits per heavy atom. The van der Waals surface area contributed by atoms with E-state index in [9.17, 15) is 18.4 Å². The van der Waals surface area contributed by atoms with Crippen LogP contribution in [0.1, 0.15) is 22.3 Å². The molecule has 76 valence electrons. The molecule has 0 amide bonds. The van der Waals surface area contributed by atoms with Crippen LogP contribution in [-0.4, -0.2) is 16.1 Å². The Hall–Kier alpha value is -1.24. The first-order valence-electron chi connectivity index (χ1n) is 3.37. The quantitative estimate of drug-likeness (QED) is 0.803. The van der Waals surface area contributed by atoms with E-state index in [-0.39, 0.29) is 4.60 Å². The van der Waals surface area contributed by atoms with Crippen molar-refractivity contribution in [3.63, 3.8) is 0 Å². The van der Waals surface area contributed by atoms with Crippen molar-refractivity contribution in [1.29, 1.82) is 0 Å². The van der Waals surface area contributed by atoms with Crippen LogP contribution in [0.3, 0.4) is 0 Å². The van der Waals surface area contributed by atoms with Gasteiger partial charge in [0.1, 0.15) is 5.56 Å². The van der Waals surface area contributed by atoms with E-state index in [4.69, 9.17) is 5.11 Å². The van der Waals surface area contributed by atoms with Crippen molar-refractivity contribution in [3.05, 3.63) is 32.2 Å². The Morgan fingerprint density at radius 2 is 2.14 bits per heavy atom. The first kappa shape index (κ1) is 10.8. The maximum atomic E-state index is 12.3. The van der Waals surface area contributed by atoms with Gasteiger partial charge in [0.2, 0.25) is 0 Å². The summed E-state index contributed by atoms with van der Waals surface area (Å²) in [6.45, 7) is 0. The van der Waals surface area contributed by atoms with Crippen LogP contribution in [0.4, 0.5) is 8.78 Å². The number of hydrogen-bond donors (Lipinski definition) is 2. The van der Waals surface area contributed by atoms with Gasteiger partial charge in [0.05, 0.1) is 4.60 Å². The number of halogens is 3. The third kappa shape index (κ3) is 1.98. The van der Waals surface area contributed by atoms with E-state index in [2.05, 4.69) is 15.9 Å². The molecule has 4 nitrogen and oxygen atoms in total. The van der Waals surface area contributed by atoms with Crippen molar-refractivity contribution < 1.29 is 18.7 Å². The first-order chi connectivity index (χ1) is 6.43. The van der Waals surface area contributed by atoms with Crippen LogP contribution in [0, 0.1) is 0 Å². The fraction of sp³-hybridized carbons (Fsp3) is 0.143. The van der Waals surface area contributed by atoms with Crippen molar-refractivity contribution in [2.75, 3.05) is 0 Å². The summed E-state index contributed by atoms with van der Waals surface area (Å²) in [5.74, 6) is -1.54. The van der Waals surface area contributed by atoms with Crippen LogP contribution in [0.5, 0.6) is 0 Å². The number of carbonyl (C=O) groups is 1. The number of rotatable bonds is 2. The lowest BCUT2D eigenvalue weighted by molar-refractivity contribution is 0.0694. The number of aromatic carboxylic acids is 1. The molecule has 1 rings (SSSR count). The summed E-state index contributed by atoms with van der Waals surface area (Å²) in [5.41, 5.74) is -2.18. The molecule has 0 atom stereocenters. The highest BCUT2D eigenvalue weighted by Crippen LogP contribution is 2.24. The Balaban J connectivity index is 3.42. The van der Waals surface area contributed by atoms with E-state index in [1.165, 1.54) is 0 Å². The van der Waals surface area contributed by atoms with Crippen LogP contribution in [0.15, 0.2) is 15.5 Å². The normalized spacial score (nSPS) is 10.6. The van der Waals surface area contributed by atoms with Crippen LogP contribution < -0.4 is 5.56 Å². The van der Waals surface area contributed by atoms with Crippen LogP contribution in [-0.2, 0) is 0 Å². The highest BCUT2D eigenvalue weighted by Gasteiger charge is 2.18. The number of alkyl halides is 2. The lowest BCUT2D eigenvalue weighted by Crippen LogP contribution is -2.18. The Bertz CT molecular complexity index is 429. The predicted molar refractivity (Wildman–Crippen MR) is 46.7 cm³/mol. The van der Waals surface area contributed by atoms with E-state index in [1.54, 1.807) is 0 Å². The van der Waals surface area contributed by atoms with Crippen LogP contribution in [0.25, 0.3) is 0 Å². The number of H-pyrrole nitrogens is 1. The molecule has 0 aliphatic rings. The third-order valence-electron chi connectivity index (χ3n) is 1.49. The predicted octanol–water partition coefficient (Wildman–Crippen LogP) is 1.77. The fourth-order valence-corrected chi connectivity index (χ4v) is 1.31. The third-order valence-corrected chi connectivity index (χ3v) is 2.14. The number of aromatic nitrogens is 1. The minimum Gasteiger partial charge on any atom is -0.477 e. The molecule has 0 saturated carbocycles. The van der Waals surface area contributed by atoms with Gasteiger partial charge in [-0.15, -0.1) is 0 Å². The smallest absolute Gasteiger partial charge is 0.341 e. The summed E-state index contributed by atoms with van der Waals surface area (Å²) in [7, 11) is 0. The second-order valence-electron chi connectivity index (χ2n) is 2.39. The number of nitrogens with one attached hydrogen (secondary N) is 1. The number of aromatic amines is 1. The second kappa shape index (κ2) is 3.87. The molecule has 1 aromatic rings. The molecule has 7 heteroatoms. The van der Waals surface area contributed by atoms with Gasteiger partial charge in [-0.05, 0) is 22.0 Å². The van der Waals surface area contributed by atoms with E-state index in [0.29, 0.717) is 6.07 Å². The van der Waals surface area contributed by atoms with Gasteiger partial charge in [-0.3, -0.25) is 4.79 Å². The number of carboxylic acids is 1. The van der Waals surface area contributed by atoms with Gasteiger partial charge >= 0.3 is 5.97 Å². The molecule has 0 aliphatic carbocycles. The minimum atomic E-state index is -2.85. The summed E-state index contributed by atoms with van der Waals surface area (Å²) in [6.07, 6.45) is -2.85. The number of pyridine rings is 1. The maximum absolute atomic E-state index is 12.3. The van der Waals surface area contributed by atoms with Gasteiger partial charge in [-0.25, -0.2) is 13.6 Å². The average molecular weight is 268 g/mol. The SMILES string of the molecule is O=C(O)c1cc(C(F)F)c(Br)[nH]c1=O. The summed E-state index contributed by atoms with van der Waals surface area (Å²) in [6, 6.07) is 0.649. The molecular formula is C7H4BrF2NO3. The van der Waals surface area contributed by atoms with Crippen molar-refractivity contribution in [1.82, 2.24) is 4.98 Å². The Labute approximate surface area is 84.7 Å². The first-order valence-corrected chi connectivity index (χ1v) is 4.17. The maximum Gasteiger partial charge on any atom is 0.341 e. The fourth-order valence-electron chi connectivity index (χ4n) is 0.841.